The number of benzene rings is 1. The molecule has 0 saturated heterocycles. The lowest BCUT2D eigenvalue weighted by Crippen LogP contribution is -2.49. The van der Waals surface area contributed by atoms with Gasteiger partial charge < -0.3 is 20.9 Å². The fourth-order valence-corrected chi connectivity index (χ4v) is 1.27. The van der Waals surface area contributed by atoms with Crippen LogP contribution in [0.1, 0.15) is 24.2 Å². The van der Waals surface area contributed by atoms with Gasteiger partial charge in [0.05, 0.1) is 0 Å². The Morgan fingerprint density at radius 1 is 1.25 bits per heavy atom. The minimum absolute atomic E-state index is 0.252. The first kappa shape index (κ1) is 15.5. The Morgan fingerprint density at radius 2 is 1.80 bits per heavy atom. The Kier molecular flexibility index (Phi) is 4.68. The molecule has 0 heterocycles. The molecule has 0 fully saturated rings. The van der Waals surface area contributed by atoms with Crippen molar-refractivity contribution in [3.8, 4) is 5.75 Å². The van der Waals surface area contributed by atoms with Gasteiger partial charge in [0.1, 0.15) is 11.3 Å². The van der Waals surface area contributed by atoms with Crippen LogP contribution in [-0.2, 0) is 9.59 Å². The van der Waals surface area contributed by atoms with E-state index in [-0.39, 0.29) is 12.2 Å². The number of nitrogens with one attached hydrogen (secondary N) is 1. The van der Waals surface area contributed by atoms with Gasteiger partial charge in [-0.25, -0.2) is 4.79 Å². The molecule has 7 nitrogen and oxygen atoms in total. The van der Waals surface area contributed by atoms with Crippen molar-refractivity contribution >= 4 is 17.8 Å². The van der Waals surface area contributed by atoms with Crippen LogP contribution in [0.15, 0.2) is 24.3 Å². The molecule has 0 aliphatic rings. The topological polar surface area (TPSA) is 119 Å². The molecule has 1 aromatic rings. The van der Waals surface area contributed by atoms with Crippen LogP contribution in [0, 0.1) is 0 Å². The number of hydrogen-bond acceptors (Lipinski definition) is 4. The number of aliphatic carboxylic acids is 1. The molecule has 0 bridgehead atoms. The zero-order valence-corrected chi connectivity index (χ0v) is 11.2. The summed E-state index contributed by atoms with van der Waals surface area (Å²) < 4.78 is 5.04. The quantitative estimate of drug-likeness (QED) is 0.685. The zero-order chi connectivity index (χ0) is 15.3. The molecule has 1 rings (SSSR count). The summed E-state index contributed by atoms with van der Waals surface area (Å²) in [7, 11) is 0. The minimum Gasteiger partial charge on any atom is -0.484 e. The number of primary amides is 1. The molecule has 20 heavy (non-hydrogen) atoms. The minimum atomic E-state index is -1.36. The van der Waals surface area contributed by atoms with Gasteiger partial charge in [-0.05, 0) is 38.1 Å². The maximum absolute atomic E-state index is 11.9. The highest BCUT2D eigenvalue weighted by molar-refractivity contribution is 5.97. The van der Waals surface area contributed by atoms with Crippen molar-refractivity contribution in [3.05, 3.63) is 29.8 Å². The van der Waals surface area contributed by atoms with Crippen LogP contribution in [0.2, 0.25) is 0 Å². The zero-order valence-electron chi connectivity index (χ0n) is 11.2. The van der Waals surface area contributed by atoms with Crippen molar-refractivity contribution in [2.75, 3.05) is 6.61 Å². The summed E-state index contributed by atoms with van der Waals surface area (Å²) >= 11 is 0. The molecule has 0 aliphatic carbocycles. The highest BCUT2D eigenvalue weighted by atomic mass is 16.5. The van der Waals surface area contributed by atoms with Crippen LogP contribution in [0.3, 0.4) is 0 Å². The van der Waals surface area contributed by atoms with Crippen LogP contribution in [-0.4, -0.2) is 35.0 Å². The third-order valence-corrected chi connectivity index (χ3v) is 2.46. The lowest BCUT2D eigenvalue weighted by Gasteiger charge is -2.20. The molecule has 0 saturated carbocycles. The molecule has 0 aliphatic heterocycles. The number of nitrogens with two attached hydrogens (primary N) is 1. The van der Waals surface area contributed by atoms with Crippen LogP contribution in [0.25, 0.3) is 0 Å². The molecule has 0 unspecified atom stereocenters. The van der Waals surface area contributed by atoms with Crippen molar-refractivity contribution in [2.45, 2.75) is 19.4 Å². The Bertz CT molecular complexity index is 522. The van der Waals surface area contributed by atoms with Crippen molar-refractivity contribution in [2.24, 2.45) is 5.73 Å². The second-order valence-electron chi connectivity index (χ2n) is 4.66. The van der Waals surface area contributed by atoms with E-state index < -0.39 is 23.3 Å². The Labute approximate surface area is 115 Å². The summed E-state index contributed by atoms with van der Waals surface area (Å²) in [5, 5.41) is 11.3. The predicted molar refractivity (Wildman–Crippen MR) is 70.3 cm³/mol. The smallest absolute Gasteiger partial charge is 0.328 e. The molecule has 0 atom stereocenters. The van der Waals surface area contributed by atoms with E-state index in [2.05, 4.69) is 5.32 Å². The lowest BCUT2D eigenvalue weighted by molar-refractivity contribution is -0.143. The van der Waals surface area contributed by atoms with Crippen molar-refractivity contribution < 1.29 is 24.2 Å². The van der Waals surface area contributed by atoms with Gasteiger partial charge in [-0.15, -0.1) is 0 Å². The number of rotatable bonds is 6. The Balaban J connectivity index is 2.71. The molecular weight excluding hydrogens is 264 g/mol. The van der Waals surface area contributed by atoms with Gasteiger partial charge in [-0.1, -0.05) is 0 Å². The van der Waals surface area contributed by atoms with Gasteiger partial charge in [-0.3, -0.25) is 9.59 Å². The van der Waals surface area contributed by atoms with Crippen LogP contribution < -0.4 is 15.8 Å². The maximum atomic E-state index is 11.9. The molecule has 4 N–H and O–H groups in total. The maximum Gasteiger partial charge on any atom is 0.328 e. The lowest BCUT2D eigenvalue weighted by atomic mass is 10.1. The Morgan fingerprint density at radius 3 is 2.25 bits per heavy atom. The standard InChI is InChI=1S/C13H16N2O5/c1-13(2,12(18)19)15-11(17)8-3-5-9(6-4-8)20-7-10(14)16/h3-6H,7H2,1-2H3,(H2,14,16)(H,15,17)(H,18,19). The number of ether oxygens (including phenoxy) is 1. The van der Waals surface area contributed by atoms with Crippen LogP contribution >= 0.6 is 0 Å². The highest BCUT2D eigenvalue weighted by Gasteiger charge is 2.29. The number of hydrogen-bond donors (Lipinski definition) is 3. The second-order valence-corrected chi connectivity index (χ2v) is 4.66. The molecule has 0 spiro atoms. The summed E-state index contributed by atoms with van der Waals surface area (Å²) in [4.78, 5) is 33.3. The van der Waals surface area contributed by atoms with E-state index in [1.165, 1.54) is 38.1 Å². The third kappa shape index (κ3) is 4.27. The average molecular weight is 280 g/mol. The third-order valence-electron chi connectivity index (χ3n) is 2.46. The summed E-state index contributed by atoms with van der Waals surface area (Å²) in [5.74, 6) is -1.86. The van der Waals surface area contributed by atoms with E-state index in [1.54, 1.807) is 0 Å². The summed E-state index contributed by atoms with van der Waals surface area (Å²) in [6.07, 6.45) is 0. The molecular formula is C13H16N2O5. The Hall–Kier alpha value is -2.57. The van der Waals surface area contributed by atoms with Crippen molar-refractivity contribution in [1.82, 2.24) is 5.32 Å². The molecule has 0 aromatic heterocycles. The van der Waals surface area contributed by atoms with E-state index >= 15 is 0 Å². The second kappa shape index (κ2) is 6.05. The first-order valence-electron chi connectivity index (χ1n) is 5.79. The SMILES string of the molecule is CC(C)(NC(=O)c1ccc(OCC(N)=O)cc1)C(=O)O. The fraction of sp³-hybridized carbons (Fsp3) is 0.308. The van der Waals surface area contributed by atoms with Gasteiger partial charge >= 0.3 is 5.97 Å². The first-order valence-corrected chi connectivity index (χ1v) is 5.79. The highest BCUT2D eigenvalue weighted by Crippen LogP contribution is 2.13. The van der Waals surface area contributed by atoms with Crippen LogP contribution in [0.4, 0.5) is 0 Å². The van der Waals surface area contributed by atoms with Crippen molar-refractivity contribution in [3.63, 3.8) is 0 Å². The summed E-state index contributed by atoms with van der Waals surface area (Å²) in [6, 6.07) is 5.91. The first-order chi connectivity index (χ1) is 9.22. The van der Waals surface area contributed by atoms with Crippen molar-refractivity contribution in [1.29, 1.82) is 0 Å². The van der Waals surface area contributed by atoms with E-state index in [0.29, 0.717) is 5.75 Å². The number of carboxylic acid groups (broad SMARTS) is 1. The normalized spacial score (nSPS) is 10.7. The van der Waals surface area contributed by atoms with E-state index in [9.17, 15) is 14.4 Å². The largest absolute Gasteiger partial charge is 0.484 e. The number of carbonyl (C=O) groups is 3. The molecule has 0 radical (unpaired) electrons. The molecule has 2 amide bonds. The summed E-state index contributed by atoms with van der Waals surface area (Å²) in [5.41, 5.74) is 3.85. The number of carbonyl (C=O) groups excluding carboxylic acids is 2. The van der Waals surface area contributed by atoms with Gasteiger partial charge in [0.25, 0.3) is 11.8 Å². The molecule has 7 heteroatoms. The van der Waals surface area contributed by atoms with Crippen LogP contribution in [0.5, 0.6) is 5.75 Å². The van der Waals surface area contributed by atoms with Gasteiger partial charge in [0.15, 0.2) is 6.61 Å². The van der Waals surface area contributed by atoms with E-state index in [0.717, 1.165) is 0 Å². The van der Waals surface area contributed by atoms with E-state index in [1.807, 2.05) is 0 Å². The van der Waals surface area contributed by atoms with E-state index in [4.69, 9.17) is 15.6 Å². The molecule has 108 valence electrons. The number of carboxylic acids is 1. The summed E-state index contributed by atoms with van der Waals surface area (Å²) in [6.45, 7) is 2.52. The van der Waals surface area contributed by atoms with Gasteiger partial charge in [-0.2, -0.15) is 0 Å². The van der Waals surface area contributed by atoms with Gasteiger partial charge in [0.2, 0.25) is 0 Å². The average Bonchev–Trinajstić information content (AvgIpc) is 2.36. The fourth-order valence-electron chi connectivity index (χ4n) is 1.27. The molecule has 1 aromatic carbocycles. The monoisotopic (exact) mass is 280 g/mol. The number of amides is 2. The predicted octanol–water partition coefficient (Wildman–Crippen LogP) is 0.144. The van der Waals surface area contributed by atoms with Gasteiger partial charge in [0, 0.05) is 5.56 Å².